The number of fused-ring (bicyclic) bond motifs is 3. The zero-order valence-electron chi connectivity index (χ0n) is 14.3. The molecule has 1 aliphatic heterocycles. The number of hydrogen-bond acceptors (Lipinski definition) is 1. The molecule has 4 heteroatoms. The number of nitrogens with zero attached hydrogens (tertiary/aromatic N) is 1. The lowest BCUT2D eigenvalue weighted by Crippen LogP contribution is -2.25. The van der Waals surface area contributed by atoms with Gasteiger partial charge in [0, 0.05) is 41.4 Å². The molecule has 0 saturated carbocycles. The number of aromatic nitrogens is 1. The van der Waals surface area contributed by atoms with Gasteiger partial charge in [-0.1, -0.05) is 40.5 Å². The molecule has 3 rings (SSSR count). The third-order valence-electron chi connectivity index (χ3n) is 4.97. The molecule has 0 spiro atoms. The number of para-hydroxylation sites is 1. The van der Waals surface area contributed by atoms with Crippen molar-refractivity contribution in [1.82, 2.24) is 9.88 Å². The average Bonchev–Trinajstić information content (AvgIpc) is 2.93. The number of benzene rings is 1. The first-order valence-corrected chi connectivity index (χ1v) is 10.3. The van der Waals surface area contributed by atoms with Gasteiger partial charge in [0.1, 0.15) is 0 Å². The normalized spacial score (nSPS) is 13.9. The Morgan fingerprint density at radius 3 is 2.92 bits per heavy atom. The Labute approximate surface area is 152 Å². The van der Waals surface area contributed by atoms with Gasteiger partial charge < -0.3 is 9.88 Å². The number of alkyl halides is 1. The van der Waals surface area contributed by atoms with E-state index in [0.717, 1.165) is 44.1 Å². The number of unbranched alkanes of at least 4 members (excludes halogenated alkanes) is 2. The van der Waals surface area contributed by atoms with Crippen LogP contribution in [0.5, 0.6) is 0 Å². The molecule has 1 amide bonds. The molecular weight excluding hydrogens is 364 g/mol. The first kappa shape index (κ1) is 17.5. The Morgan fingerprint density at radius 2 is 2.04 bits per heavy atom. The van der Waals surface area contributed by atoms with Gasteiger partial charge in [-0.2, -0.15) is 0 Å². The zero-order chi connectivity index (χ0) is 16.8. The Morgan fingerprint density at radius 1 is 1.17 bits per heavy atom. The zero-order valence-corrected chi connectivity index (χ0v) is 15.9. The maximum atomic E-state index is 12.0. The second-order valence-corrected chi connectivity index (χ2v) is 7.44. The SMILES string of the molecule is O=C(CCCCCBr)NCCc1c2n(c3ccccc13)CCCC2. The molecule has 0 fully saturated rings. The predicted octanol–water partition coefficient (Wildman–Crippen LogP) is 4.59. The van der Waals surface area contributed by atoms with Crippen molar-refractivity contribution in [3.8, 4) is 0 Å². The number of amides is 1. The molecule has 3 nitrogen and oxygen atoms in total. The maximum absolute atomic E-state index is 12.0. The molecule has 2 heterocycles. The molecule has 1 aromatic heterocycles. The second-order valence-electron chi connectivity index (χ2n) is 6.65. The second kappa shape index (κ2) is 8.70. The van der Waals surface area contributed by atoms with Gasteiger partial charge in [0.2, 0.25) is 5.91 Å². The highest BCUT2D eigenvalue weighted by atomic mass is 79.9. The number of carbonyl (C=O) groups is 1. The van der Waals surface area contributed by atoms with E-state index in [2.05, 4.69) is 50.1 Å². The number of nitrogens with one attached hydrogen (secondary N) is 1. The quantitative estimate of drug-likeness (QED) is 0.518. The summed E-state index contributed by atoms with van der Waals surface area (Å²) < 4.78 is 2.50. The first-order valence-electron chi connectivity index (χ1n) is 9.23. The summed E-state index contributed by atoms with van der Waals surface area (Å²) in [6.45, 7) is 1.88. The molecule has 0 aliphatic carbocycles. The molecule has 0 bridgehead atoms. The van der Waals surface area contributed by atoms with E-state index in [9.17, 15) is 4.79 Å². The van der Waals surface area contributed by atoms with E-state index in [0.29, 0.717) is 6.42 Å². The first-order chi connectivity index (χ1) is 11.8. The lowest BCUT2D eigenvalue weighted by atomic mass is 10.0. The summed E-state index contributed by atoms with van der Waals surface area (Å²) >= 11 is 3.43. The van der Waals surface area contributed by atoms with Crippen molar-refractivity contribution < 1.29 is 4.79 Å². The summed E-state index contributed by atoms with van der Waals surface area (Å²) in [5, 5.41) is 5.51. The molecular formula is C20H27BrN2O. The van der Waals surface area contributed by atoms with Crippen LogP contribution >= 0.6 is 15.9 Å². The predicted molar refractivity (Wildman–Crippen MR) is 104 cm³/mol. The summed E-state index contributed by atoms with van der Waals surface area (Å²) in [7, 11) is 0. The molecule has 1 aliphatic rings. The Bertz CT molecular complexity index is 692. The number of rotatable bonds is 8. The van der Waals surface area contributed by atoms with Crippen LogP contribution in [0, 0.1) is 0 Å². The van der Waals surface area contributed by atoms with Crippen molar-refractivity contribution in [2.75, 3.05) is 11.9 Å². The lowest BCUT2D eigenvalue weighted by molar-refractivity contribution is -0.121. The van der Waals surface area contributed by atoms with Gasteiger partial charge in [0.05, 0.1) is 0 Å². The van der Waals surface area contributed by atoms with Crippen molar-refractivity contribution in [3.05, 3.63) is 35.5 Å². The standard InChI is InChI=1S/C20H27BrN2O/c21-13-6-1-2-11-20(24)22-14-12-17-16-8-3-4-9-18(16)23-15-7-5-10-19(17)23/h3-4,8-9H,1-2,5-7,10-15H2,(H,22,24). The van der Waals surface area contributed by atoms with E-state index >= 15 is 0 Å². The van der Waals surface area contributed by atoms with Gasteiger partial charge in [0.25, 0.3) is 0 Å². The van der Waals surface area contributed by atoms with Crippen LogP contribution in [0.2, 0.25) is 0 Å². The molecule has 24 heavy (non-hydrogen) atoms. The van der Waals surface area contributed by atoms with Crippen molar-refractivity contribution in [1.29, 1.82) is 0 Å². The van der Waals surface area contributed by atoms with Crippen LogP contribution < -0.4 is 5.32 Å². The van der Waals surface area contributed by atoms with E-state index in [1.807, 2.05) is 0 Å². The summed E-state index contributed by atoms with van der Waals surface area (Å²) in [5.74, 6) is 0.196. The van der Waals surface area contributed by atoms with Gasteiger partial charge in [-0.15, -0.1) is 0 Å². The minimum Gasteiger partial charge on any atom is -0.356 e. The Kier molecular flexibility index (Phi) is 6.36. The maximum Gasteiger partial charge on any atom is 0.220 e. The minimum absolute atomic E-state index is 0.196. The van der Waals surface area contributed by atoms with E-state index in [4.69, 9.17) is 0 Å². The third-order valence-corrected chi connectivity index (χ3v) is 5.53. The van der Waals surface area contributed by atoms with Crippen molar-refractivity contribution in [2.45, 2.75) is 57.9 Å². The van der Waals surface area contributed by atoms with Crippen LogP contribution in [0.1, 0.15) is 49.8 Å². The Balaban J connectivity index is 1.60. The number of hydrogen-bond donors (Lipinski definition) is 1. The topological polar surface area (TPSA) is 34.0 Å². The van der Waals surface area contributed by atoms with Crippen molar-refractivity contribution in [2.24, 2.45) is 0 Å². The molecule has 2 aromatic rings. The van der Waals surface area contributed by atoms with Crippen LogP contribution in [0.3, 0.4) is 0 Å². The lowest BCUT2D eigenvalue weighted by Gasteiger charge is -2.17. The summed E-state index contributed by atoms with van der Waals surface area (Å²) in [6, 6.07) is 8.72. The van der Waals surface area contributed by atoms with Crippen molar-refractivity contribution in [3.63, 3.8) is 0 Å². The molecule has 0 saturated heterocycles. The van der Waals surface area contributed by atoms with E-state index in [1.165, 1.54) is 41.4 Å². The fourth-order valence-electron chi connectivity index (χ4n) is 3.78. The summed E-state index contributed by atoms with van der Waals surface area (Å²) in [5.41, 5.74) is 4.31. The number of halogens is 1. The fourth-order valence-corrected chi connectivity index (χ4v) is 4.18. The molecule has 1 N–H and O–H groups in total. The van der Waals surface area contributed by atoms with Gasteiger partial charge in [0.15, 0.2) is 0 Å². The van der Waals surface area contributed by atoms with Crippen LogP contribution in [0.4, 0.5) is 0 Å². The molecule has 0 radical (unpaired) electrons. The van der Waals surface area contributed by atoms with E-state index < -0.39 is 0 Å². The largest absolute Gasteiger partial charge is 0.356 e. The van der Waals surface area contributed by atoms with Gasteiger partial charge >= 0.3 is 0 Å². The molecule has 1 aromatic carbocycles. The van der Waals surface area contributed by atoms with Crippen LogP contribution in [-0.4, -0.2) is 22.3 Å². The molecule has 130 valence electrons. The highest BCUT2D eigenvalue weighted by Crippen LogP contribution is 2.30. The smallest absolute Gasteiger partial charge is 0.220 e. The van der Waals surface area contributed by atoms with Gasteiger partial charge in [-0.05, 0) is 50.2 Å². The van der Waals surface area contributed by atoms with Crippen LogP contribution in [-0.2, 0) is 24.2 Å². The third kappa shape index (κ3) is 4.02. The van der Waals surface area contributed by atoms with E-state index in [-0.39, 0.29) is 5.91 Å². The number of aryl methyl sites for hydroxylation is 1. The molecule has 0 atom stereocenters. The highest BCUT2D eigenvalue weighted by molar-refractivity contribution is 9.09. The van der Waals surface area contributed by atoms with Crippen LogP contribution in [0.25, 0.3) is 10.9 Å². The monoisotopic (exact) mass is 390 g/mol. The fraction of sp³-hybridized carbons (Fsp3) is 0.550. The molecule has 0 unspecified atom stereocenters. The van der Waals surface area contributed by atoms with Gasteiger partial charge in [-0.25, -0.2) is 0 Å². The van der Waals surface area contributed by atoms with E-state index in [1.54, 1.807) is 0 Å². The summed E-state index contributed by atoms with van der Waals surface area (Å²) in [4.78, 5) is 12.0. The van der Waals surface area contributed by atoms with Gasteiger partial charge in [-0.3, -0.25) is 4.79 Å². The highest BCUT2D eigenvalue weighted by Gasteiger charge is 2.19. The van der Waals surface area contributed by atoms with Crippen LogP contribution in [0.15, 0.2) is 24.3 Å². The summed E-state index contributed by atoms with van der Waals surface area (Å²) in [6.07, 6.45) is 8.58. The minimum atomic E-state index is 0.196. The van der Waals surface area contributed by atoms with Crippen molar-refractivity contribution >= 4 is 32.7 Å². The number of carbonyl (C=O) groups excluding carboxylic acids is 1. The Hall–Kier alpha value is -1.29. The average molecular weight is 391 g/mol.